The average molecular weight is 844 g/mol. The largest absolute Gasteiger partial charge is 0.489 e. The third-order valence-electron chi connectivity index (χ3n) is 11.9. The zero-order valence-electron chi connectivity index (χ0n) is 33.1. The Bertz CT molecular complexity index is 2450. The van der Waals surface area contributed by atoms with Gasteiger partial charge in [0.2, 0.25) is 12.0 Å². The Morgan fingerprint density at radius 3 is 2.23 bits per heavy atom. The van der Waals surface area contributed by atoms with Crippen LogP contribution >= 0.6 is 23.2 Å². The van der Waals surface area contributed by atoms with Gasteiger partial charge in [-0.15, -0.1) is 0 Å². The molecule has 2 aliphatic heterocycles. The van der Waals surface area contributed by atoms with Crippen molar-refractivity contribution >= 4 is 46.7 Å². The van der Waals surface area contributed by atoms with Crippen LogP contribution in [0.1, 0.15) is 71.6 Å². The van der Waals surface area contributed by atoms with Gasteiger partial charge in [0.15, 0.2) is 0 Å². The zero-order chi connectivity index (χ0) is 41.9. The molecule has 1 aliphatic carbocycles. The van der Waals surface area contributed by atoms with E-state index in [1.807, 2.05) is 78.9 Å². The smallest absolute Gasteiger partial charge is 0.326 e. The molecule has 1 saturated carbocycles. The number of nitrogens with one attached hydrogen (secondary N) is 1. The van der Waals surface area contributed by atoms with E-state index in [9.17, 15) is 19.5 Å². The summed E-state index contributed by atoms with van der Waals surface area (Å²) in [7, 11) is 1.73. The molecule has 306 valence electrons. The molecule has 5 aromatic carbocycles. The minimum atomic E-state index is -1.13. The number of likely N-dealkylation sites (N-methyl/N-ethyl adjacent to an activating group) is 1. The number of anilines is 1. The number of hydrogen-bond acceptors (Lipinski definition) is 7. The predicted molar refractivity (Wildman–Crippen MR) is 230 cm³/mol. The number of benzene rings is 5. The van der Waals surface area contributed by atoms with Crippen LogP contribution < -0.4 is 19.7 Å². The number of nitrogens with zero attached hydrogens (tertiary/aromatic N) is 3. The molecule has 3 atom stereocenters. The Morgan fingerprint density at radius 2 is 1.57 bits per heavy atom. The van der Waals surface area contributed by atoms with Crippen molar-refractivity contribution in [3.05, 3.63) is 147 Å². The number of rotatable bonds is 11. The van der Waals surface area contributed by atoms with E-state index in [0.29, 0.717) is 57.9 Å². The SMILES string of the molecule is CN1C(=O)[C@H](c2ccc(OCc3ccc(Cl)c(Cl)c3)cc2)Oc2cc3c(cc21)CC(C(=O)N[C@@H](Cc1ccc(-c2ccc(C#N)cc2)cc1)C(=O)O)N(C1CCCCC1)C3. The Balaban J connectivity index is 0.980. The van der Waals surface area contributed by atoms with Gasteiger partial charge in [0, 0.05) is 31.6 Å². The van der Waals surface area contributed by atoms with Crippen LogP contribution in [0.25, 0.3) is 11.1 Å². The molecule has 2 heterocycles. The Hall–Kier alpha value is -5.86. The molecular weight excluding hydrogens is 799 g/mol. The number of carboxylic acids is 1. The minimum absolute atomic E-state index is 0.120. The molecule has 0 spiro atoms. The second-order valence-corrected chi connectivity index (χ2v) is 16.6. The fourth-order valence-electron chi connectivity index (χ4n) is 8.51. The van der Waals surface area contributed by atoms with Crippen molar-refractivity contribution in [2.24, 2.45) is 0 Å². The Morgan fingerprint density at radius 1 is 0.883 bits per heavy atom. The van der Waals surface area contributed by atoms with Gasteiger partial charge in [-0.1, -0.05) is 97.1 Å². The first-order chi connectivity index (χ1) is 29.0. The molecular formula is C48H44Cl2N4O6. The fraction of sp³-hybridized carbons (Fsp3) is 0.292. The van der Waals surface area contributed by atoms with E-state index in [-0.39, 0.29) is 24.3 Å². The maximum atomic E-state index is 14.3. The Kier molecular flexibility index (Phi) is 12.1. The molecule has 0 aromatic heterocycles. The first kappa shape index (κ1) is 40.9. The highest BCUT2D eigenvalue weighted by atomic mass is 35.5. The van der Waals surface area contributed by atoms with Gasteiger partial charge in [-0.2, -0.15) is 5.26 Å². The summed E-state index contributed by atoms with van der Waals surface area (Å²) in [5.41, 5.74) is 7.37. The van der Waals surface area contributed by atoms with Crippen molar-refractivity contribution in [2.75, 3.05) is 11.9 Å². The number of amides is 2. The van der Waals surface area contributed by atoms with Gasteiger partial charge >= 0.3 is 5.97 Å². The van der Waals surface area contributed by atoms with E-state index in [4.69, 9.17) is 37.9 Å². The predicted octanol–water partition coefficient (Wildman–Crippen LogP) is 9.08. The second kappa shape index (κ2) is 17.8. The van der Waals surface area contributed by atoms with Gasteiger partial charge < -0.3 is 24.8 Å². The van der Waals surface area contributed by atoms with Crippen LogP contribution in [-0.2, 0) is 40.4 Å². The molecule has 12 heteroatoms. The summed E-state index contributed by atoms with van der Waals surface area (Å²) >= 11 is 12.2. The first-order valence-corrected chi connectivity index (χ1v) is 21.0. The number of ether oxygens (including phenoxy) is 2. The standard InChI is InChI=1S/C48H44Cl2N4O6/c1-53-42-23-35-24-43(46(55)52-41(48(57)58)22-29-7-12-32(13-8-29)33-14-9-30(26-51)10-15-33)54(37-5-3-2-4-6-37)27-36(35)25-44(42)60-45(47(53)56)34-16-18-38(19-17-34)59-28-31-11-20-39(49)40(50)21-31/h7-21,23,25,37,41,43,45H,2-6,22,24,27-28H2,1H3,(H,52,55)(H,57,58)/t41-,43?,45-/m0/s1. The lowest BCUT2D eigenvalue weighted by Crippen LogP contribution is -2.57. The third kappa shape index (κ3) is 8.85. The summed E-state index contributed by atoms with van der Waals surface area (Å²) < 4.78 is 12.4. The molecule has 0 bridgehead atoms. The van der Waals surface area contributed by atoms with Crippen LogP contribution in [-0.4, -0.2) is 53.0 Å². The summed E-state index contributed by atoms with van der Waals surface area (Å²) in [4.78, 5) is 44.5. The summed E-state index contributed by atoms with van der Waals surface area (Å²) in [5.74, 6) is -0.442. The lowest BCUT2D eigenvalue weighted by Gasteiger charge is -2.43. The summed E-state index contributed by atoms with van der Waals surface area (Å²) in [6.07, 6.45) is 4.83. The third-order valence-corrected chi connectivity index (χ3v) is 12.6. The summed E-state index contributed by atoms with van der Waals surface area (Å²) in [6.45, 7) is 0.796. The average Bonchev–Trinajstić information content (AvgIpc) is 3.27. The van der Waals surface area contributed by atoms with Crippen LogP contribution in [0.3, 0.4) is 0 Å². The number of fused-ring (bicyclic) bond motifs is 2. The van der Waals surface area contributed by atoms with E-state index < -0.39 is 24.2 Å². The molecule has 1 fully saturated rings. The Labute approximate surface area is 359 Å². The molecule has 60 heavy (non-hydrogen) atoms. The zero-order valence-corrected chi connectivity index (χ0v) is 34.6. The molecule has 8 rings (SSSR count). The van der Waals surface area contributed by atoms with Gasteiger partial charge in [0.25, 0.3) is 5.91 Å². The van der Waals surface area contributed by atoms with Crippen molar-refractivity contribution in [2.45, 2.75) is 82.3 Å². The van der Waals surface area contributed by atoms with Crippen molar-refractivity contribution in [1.82, 2.24) is 10.2 Å². The minimum Gasteiger partial charge on any atom is -0.489 e. The van der Waals surface area contributed by atoms with Gasteiger partial charge in [-0.05, 0) is 101 Å². The van der Waals surface area contributed by atoms with Crippen molar-refractivity contribution < 1.29 is 29.0 Å². The van der Waals surface area contributed by atoms with Gasteiger partial charge in [-0.25, -0.2) is 4.79 Å². The maximum absolute atomic E-state index is 14.3. The number of halogens is 2. The number of carboxylic acid groups (broad SMARTS) is 1. The van der Waals surface area contributed by atoms with Crippen molar-refractivity contribution in [3.63, 3.8) is 0 Å². The van der Waals surface area contributed by atoms with E-state index in [1.54, 1.807) is 36.2 Å². The molecule has 2 N–H and O–H groups in total. The molecule has 10 nitrogen and oxygen atoms in total. The highest BCUT2D eigenvalue weighted by molar-refractivity contribution is 6.42. The van der Waals surface area contributed by atoms with Crippen molar-refractivity contribution in [1.29, 1.82) is 5.26 Å². The quantitative estimate of drug-likeness (QED) is 0.135. The normalized spacial score (nSPS) is 18.4. The number of carbonyl (C=O) groups is 3. The van der Waals surface area contributed by atoms with Gasteiger partial charge in [0.05, 0.1) is 33.4 Å². The van der Waals surface area contributed by atoms with Crippen LogP contribution in [0.2, 0.25) is 10.0 Å². The molecule has 0 saturated heterocycles. The molecule has 5 aromatic rings. The molecule has 1 unspecified atom stereocenters. The summed E-state index contributed by atoms with van der Waals surface area (Å²) in [5, 5.41) is 23.3. The molecule has 3 aliphatic rings. The highest BCUT2D eigenvalue weighted by Gasteiger charge is 2.40. The molecule has 2 amide bonds. The van der Waals surface area contributed by atoms with Crippen LogP contribution in [0.4, 0.5) is 5.69 Å². The van der Waals surface area contributed by atoms with Gasteiger partial charge in [-0.3, -0.25) is 14.5 Å². The number of aliphatic carboxylic acids is 1. The van der Waals surface area contributed by atoms with E-state index >= 15 is 0 Å². The molecule has 0 radical (unpaired) electrons. The first-order valence-electron chi connectivity index (χ1n) is 20.2. The summed E-state index contributed by atoms with van der Waals surface area (Å²) in [6, 6.07) is 32.0. The second-order valence-electron chi connectivity index (χ2n) is 15.8. The van der Waals surface area contributed by atoms with E-state index in [2.05, 4.69) is 16.3 Å². The van der Waals surface area contributed by atoms with Gasteiger partial charge in [0.1, 0.15) is 24.1 Å². The van der Waals surface area contributed by atoms with E-state index in [1.165, 1.54) is 0 Å². The highest BCUT2D eigenvalue weighted by Crippen LogP contribution is 2.43. The van der Waals surface area contributed by atoms with Crippen LogP contribution in [0, 0.1) is 11.3 Å². The lowest BCUT2D eigenvalue weighted by atomic mass is 9.86. The number of carbonyl (C=O) groups excluding carboxylic acids is 2. The van der Waals surface area contributed by atoms with Crippen LogP contribution in [0.15, 0.2) is 103 Å². The topological polar surface area (TPSA) is 132 Å². The van der Waals surface area contributed by atoms with Crippen molar-refractivity contribution in [3.8, 4) is 28.7 Å². The van der Waals surface area contributed by atoms with Crippen LogP contribution in [0.5, 0.6) is 11.5 Å². The van der Waals surface area contributed by atoms with E-state index in [0.717, 1.165) is 65.5 Å². The number of nitriles is 1. The maximum Gasteiger partial charge on any atom is 0.326 e. The number of hydrogen-bond donors (Lipinski definition) is 2. The lowest BCUT2D eigenvalue weighted by molar-refractivity contribution is -0.143. The fourth-order valence-corrected chi connectivity index (χ4v) is 8.83. The monoisotopic (exact) mass is 842 g/mol.